The van der Waals surface area contributed by atoms with E-state index in [4.69, 9.17) is 0 Å². The number of hydrogen-bond acceptors (Lipinski definition) is 4. The maximum atomic E-state index is 12.0. The number of benzene rings is 1. The molecule has 1 fully saturated rings. The zero-order valence-corrected chi connectivity index (χ0v) is 12.7. The highest BCUT2D eigenvalue weighted by molar-refractivity contribution is 5.85. The molecule has 0 spiro atoms. The first-order valence-electron chi connectivity index (χ1n) is 6.81. The summed E-state index contributed by atoms with van der Waals surface area (Å²) in [5.74, 6) is 0.0904. The minimum absolute atomic E-state index is 0. The highest BCUT2D eigenvalue weighted by atomic mass is 35.5. The zero-order chi connectivity index (χ0) is 14.5. The minimum atomic E-state index is -0.395. The Bertz CT molecular complexity index is 516. The predicted molar refractivity (Wildman–Crippen MR) is 82.5 cm³/mol. The average Bonchev–Trinajstić information content (AvgIpc) is 2.46. The number of carbonyl (C=O) groups is 1. The second kappa shape index (κ2) is 7.95. The minimum Gasteiger partial charge on any atom is -0.352 e. The molecular weight excluding hydrogens is 294 g/mol. The van der Waals surface area contributed by atoms with Gasteiger partial charge in [0, 0.05) is 24.1 Å². The molecule has 21 heavy (non-hydrogen) atoms. The molecule has 7 heteroatoms. The van der Waals surface area contributed by atoms with Crippen molar-refractivity contribution in [3.63, 3.8) is 0 Å². The molecule has 1 aromatic carbocycles. The molecule has 0 bridgehead atoms. The van der Waals surface area contributed by atoms with Crippen LogP contribution in [-0.4, -0.2) is 23.9 Å². The Kier molecular flexibility index (Phi) is 6.58. The normalized spacial score (nSPS) is 15.1. The van der Waals surface area contributed by atoms with Gasteiger partial charge in [0.1, 0.15) is 0 Å². The number of amides is 1. The Balaban J connectivity index is 0.00000220. The summed E-state index contributed by atoms with van der Waals surface area (Å²) in [4.78, 5) is 22.5. The average molecular weight is 314 g/mol. The topological polar surface area (TPSA) is 84.3 Å². The Hall–Kier alpha value is -1.66. The van der Waals surface area contributed by atoms with E-state index < -0.39 is 4.92 Å². The van der Waals surface area contributed by atoms with Crippen molar-refractivity contribution in [1.82, 2.24) is 10.6 Å². The van der Waals surface area contributed by atoms with Gasteiger partial charge in [0.05, 0.1) is 4.92 Å². The number of nitrogens with one attached hydrogen (secondary N) is 2. The van der Waals surface area contributed by atoms with Crippen LogP contribution in [0.15, 0.2) is 18.2 Å². The Morgan fingerprint density at radius 3 is 2.71 bits per heavy atom. The van der Waals surface area contributed by atoms with Crippen LogP contribution in [0.1, 0.15) is 24.0 Å². The standard InChI is InChI=1S/C14H19N3O3.ClH/c1-10-12(3-2-4-13(10)17(19)20)9-16-14(18)11-5-7-15-8-6-11;/h2-4,11,15H,5-9H2,1H3,(H,16,18);1H. The van der Waals surface area contributed by atoms with Gasteiger partial charge in [-0.2, -0.15) is 0 Å². The molecule has 1 aliphatic rings. The third kappa shape index (κ3) is 4.41. The van der Waals surface area contributed by atoms with E-state index in [-0.39, 0.29) is 29.9 Å². The SMILES string of the molecule is Cc1c(CNC(=O)C2CCNCC2)cccc1[N+](=O)[O-].Cl. The summed E-state index contributed by atoms with van der Waals surface area (Å²) in [5, 5.41) is 17.0. The summed E-state index contributed by atoms with van der Waals surface area (Å²) in [6.45, 7) is 3.79. The van der Waals surface area contributed by atoms with Crippen molar-refractivity contribution in [2.45, 2.75) is 26.3 Å². The van der Waals surface area contributed by atoms with Crippen LogP contribution < -0.4 is 10.6 Å². The molecule has 0 atom stereocenters. The molecular formula is C14H20ClN3O3. The van der Waals surface area contributed by atoms with Crippen LogP contribution in [0.3, 0.4) is 0 Å². The molecule has 2 N–H and O–H groups in total. The van der Waals surface area contributed by atoms with Gasteiger partial charge in [0.2, 0.25) is 5.91 Å². The molecule has 6 nitrogen and oxygen atoms in total. The molecule has 0 unspecified atom stereocenters. The van der Waals surface area contributed by atoms with Gasteiger partial charge in [-0.05, 0) is 38.4 Å². The summed E-state index contributed by atoms with van der Waals surface area (Å²) in [7, 11) is 0. The molecule has 116 valence electrons. The highest BCUT2D eigenvalue weighted by Gasteiger charge is 2.21. The van der Waals surface area contributed by atoms with Gasteiger partial charge in [-0.3, -0.25) is 14.9 Å². The molecule has 0 radical (unpaired) electrons. The fourth-order valence-corrected chi connectivity index (χ4v) is 2.47. The van der Waals surface area contributed by atoms with Gasteiger partial charge >= 0.3 is 0 Å². The first-order chi connectivity index (χ1) is 9.59. The van der Waals surface area contributed by atoms with E-state index in [0.717, 1.165) is 31.5 Å². The van der Waals surface area contributed by atoms with Crippen LogP contribution in [0.5, 0.6) is 0 Å². The van der Waals surface area contributed by atoms with Crippen molar-refractivity contribution in [3.05, 3.63) is 39.4 Å². The number of nitro benzene ring substituents is 1. The van der Waals surface area contributed by atoms with E-state index in [9.17, 15) is 14.9 Å². The Morgan fingerprint density at radius 2 is 2.10 bits per heavy atom. The smallest absolute Gasteiger partial charge is 0.272 e. The monoisotopic (exact) mass is 313 g/mol. The largest absolute Gasteiger partial charge is 0.352 e. The molecule has 1 aromatic rings. The molecule has 0 aliphatic carbocycles. The van der Waals surface area contributed by atoms with Crippen LogP contribution >= 0.6 is 12.4 Å². The second-order valence-corrected chi connectivity index (χ2v) is 5.06. The van der Waals surface area contributed by atoms with Gasteiger partial charge in [0.25, 0.3) is 5.69 Å². The van der Waals surface area contributed by atoms with Gasteiger partial charge in [-0.1, -0.05) is 12.1 Å². The third-order valence-electron chi connectivity index (χ3n) is 3.78. The number of piperidine rings is 1. The summed E-state index contributed by atoms with van der Waals surface area (Å²) >= 11 is 0. The number of nitrogens with zero attached hydrogens (tertiary/aromatic N) is 1. The van der Waals surface area contributed by atoms with Crippen molar-refractivity contribution < 1.29 is 9.72 Å². The Morgan fingerprint density at radius 1 is 1.43 bits per heavy atom. The van der Waals surface area contributed by atoms with E-state index in [2.05, 4.69) is 10.6 Å². The van der Waals surface area contributed by atoms with Crippen LogP contribution in [-0.2, 0) is 11.3 Å². The molecule has 1 heterocycles. The van der Waals surface area contributed by atoms with E-state index in [0.29, 0.717) is 12.1 Å². The summed E-state index contributed by atoms with van der Waals surface area (Å²) in [6.07, 6.45) is 1.69. The van der Waals surface area contributed by atoms with Gasteiger partial charge in [-0.15, -0.1) is 12.4 Å². The lowest BCUT2D eigenvalue weighted by Gasteiger charge is -2.21. The number of halogens is 1. The van der Waals surface area contributed by atoms with Crippen LogP contribution in [0, 0.1) is 23.0 Å². The highest BCUT2D eigenvalue weighted by Crippen LogP contribution is 2.21. The van der Waals surface area contributed by atoms with Crippen molar-refractivity contribution in [2.75, 3.05) is 13.1 Å². The lowest BCUT2D eigenvalue weighted by Crippen LogP contribution is -2.37. The van der Waals surface area contributed by atoms with E-state index >= 15 is 0 Å². The first kappa shape index (κ1) is 17.4. The van der Waals surface area contributed by atoms with E-state index in [1.54, 1.807) is 13.0 Å². The number of hydrogen-bond donors (Lipinski definition) is 2. The molecule has 1 aliphatic heterocycles. The third-order valence-corrected chi connectivity index (χ3v) is 3.78. The van der Waals surface area contributed by atoms with Crippen LogP contribution in [0.4, 0.5) is 5.69 Å². The number of carbonyl (C=O) groups excluding carboxylic acids is 1. The summed E-state index contributed by atoms with van der Waals surface area (Å²) in [5.41, 5.74) is 1.50. The molecule has 2 rings (SSSR count). The maximum Gasteiger partial charge on any atom is 0.272 e. The lowest BCUT2D eigenvalue weighted by molar-refractivity contribution is -0.385. The van der Waals surface area contributed by atoms with Gasteiger partial charge in [0.15, 0.2) is 0 Å². The lowest BCUT2D eigenvalue weighted by atomic mass is 9.97. The zero-order valence-electron chi connectivity index (χ0n) is 11.9. The number of rotatable bonds is 4. The van der Waals surface area contributed by atoms with Crippen molar-refractivity contribution in [2.24, 2.45) is 5.92 Å². The predicted octanol–water partition coefficient (Wildman–Crippen LogP) is 1.94. The van der Waals surface area contributed by atoms with Crippen LogP contribution in [0.2, 0.25) is 0 Å². The second-order valence-electron chi connectivity index (χ2n) is 5.06. The summed E-state index contributed by atoms with van der Waals surface area (Å²) < 4.78 is 0. The molecule has 1 saturated heterocycles. The number of nitro groups is 1. The molecule has 0 aromatic heterocycles. The van der Waals surface area contributed by atoms with Crippen molar-refractivity contribution in [1.29, 1.82) is 0 Å². The fraction of sp³-hybridized carbons (Fsp3) is 0.500. The first-order valence-corrected chi connectivity index (χ1v) is 6.81. The van der Waals surface area contributed by atoms with Gasteiger partial charge in [-0.25, -0.2) is 0 Å². The van der Waals surface area contributed by atoms with E-state index in [1.165, 1.54) is 6.07 Å². The fourth-order valence-electron chi connectivity index (χ4n) is 2.47. The van der Waals surface area contributed by atoms with Gasteiger partial charge < -0.3 is 10.6 Å². The Labute approximate surface area is 129 Å². The van der Waals surface area contributed by atoms with Crippen molar-refractivity contribution >= 4 is 24.0 Å². The maximum absolute atomic E-state index is 12.0. The molecule has 0 saturated carbocycles. The van der Waals surface area contributed by atoms with Crippen LogP contribution in [0.25, 0.3) is 0 Å². The quantitative estimate of drug-likeness (QED) is 0.657. The van der Waals surface area contributed by atoms with E-state index in [1.807, 2.05) is 6.07 Å². The summed E-state index contributed by atoms with van der Waals surface area (Å²) in [6, 6.07) is 4.94. The van der Waals surface area contributed by atoms with Crippen molar-refractivity contribution in [3.8, 4) is 0 Å². The molecule has 1 amide bonds.